The maximum atomic E-state index is 12.6. The normalized spacial score (nSPS) is 15.5. The van der Waals surface area contributed by atoms with Crippen molar-refractivity contribution in [2.75, 3.05) is 10.6 Å². The topological polar surface area (TPSA) is 91.5 Å². The fourth-order valence-electron chi connectivity index (χ4n) is 2.96. The third-order valence-electron chi connectivity index (χ3n) is 4.31. The van der Waals surface area contributed by atoms with Gasteiger partial charge in [0.15, 0.2) is 6.17 Å². The number of guanidine groups is 1. The molecule has 3 aromatic rings. The van der Waals surface area contributed by atoms with Gasteiger partial charge in [0, 0.05) is 17.4 Å². The largest absolute Gasteiger partial charge is 0.508 e. The van der Waals surface area contributed by atoms with Crippen LogP contribution in [0.15, 0.2) is 64.4 Å². The molecule has 0 aliphatic carbocycles. The van der Waals surface area contributed by atoms with Crippen molar-refractivity contribution in [2.45, 2.75) is 20.0 Å². The zero-order valence-electron chi connectivity index (χ0n) is 15.0. The lowest BCUT2D eigenvalue weighted by Crippen LogP contribution is -2.37. The minimum atomic E-state index is -0.588. The number of benzene rings is 2. The molecule has 2 aromatic carbocycles. The molecule has 1 aliphatic rings. The number of aliphatic imine (C=N–C) groups is 1. The van der Waals surface area contributed by atoms with Crippen LogP contribution in [0.2, 0.25) is 0 Å². The maximum Gasteiger partial charge on any atom is 0.257 e. The number of hydrogen-bond acceptors (Lipinski definition) is 6. The molecule has 1 aromatic heterocycles. The minimum absolute atomic E-state index is 0.157. The van der Waals surface area contributed by atoms with E-state index < -0.39 is 6.17 Å². The zero-order valence-corrected chi connectivity index (χ0v) is 15.0. The van der Waals surface area contributed by atoms with Gasteiger partial charge in [-0.25, -0.2) is 9.98 Å². The highest BCUT2D eigenvalue weighted by molar-refractivity contribution is 6.03. The van der Waals surface area contributed by atoms with Crippen molar-refractivity contribution in [2.24, 2.45) is 4.99 Å². The predicted octanol–water partition coefficient (Wildman–Crippen LogP) is 3.01. The van der Waals surface area contributed by atoms with Gasteiger partial charge in [0.2, 0.25) is 11.9 Å². The standard InChI is InChI=1S/C20H19N5O2/c1-12-3-7-15(8-4-12)22-19-23-18(14-5-9-16(26)10-6-14)25-17(27)11-13(2)21-20(25)24-19/h3-11,18,26H,1-2H3,(H2,21,22,23,24)/t18-/m0/s1. The van der Waals surface area contributed by atoms with Crippen LogP contribution in [0.3, 0.4) is 0 Å². The lowest BCUT2D eigenvalue weighted by atomic mass is 10.1. The second kappa shape index (κ2) is 6.60. The Morgan fingerprint density at radius 3 is 2.48 bits per heavy atom. The lowest BCUT2D eigenvalue weighted by molar-refractivity contribution is 0.474. The van der Waals surface area contributed by atoms with Gasteiger partial charge >= 0.3 is 0 Å². The first kappa shape index (κ1) is 16.8. The molecular formula is C20H19N5O2. The number of fused-ring (bicyclic) bond motifs is 1. The number of rotatable bonds is 2. The molecule has 3 N–H and O–H groups in total. The summed E-state index contributed by atoms with van der Waals surface area (Å²) in [6, 6.07) is 16.0. The summed E-state index contributed by atoms with van der Waals surface area (Å²) in [7, 11) is 0. The van der Waals surface area contributed by atoms with Crippen LogP contribution in [-0.4, -0.2) is 20.6 Å². The number of nitrogens with one attached hydrogen (secondary N) is 2. The Morgan fingerprint density at radius 1 is 1.07 bits per heavy atom. The molecule has 136 valence electrons. The number of phenols is 1. The second-order valence-corrected chi connectivity index (χ2v) is 6.49. The van der Waals surface area contributed by atoms with E-state index >= 15 is 0 Å². The van der Waals surface area contributed by atoms with Gasteiger partial charge in [0.1, 0.15) is 5.75 Å². The molecule has 0 radical (unpaired) electrons. The summed E-state index contributed by atoms with van der Waals surface area (Å²) < 4.78 is 1.50. The first-order valence-electron chi connectivity index (χ1n) is 8.57. The fraction of sp³-hybridized carbons (Fsp3) is 0.150. The van der Waals surface area contributed by atoms with E-state index in [9.17, 15) is 9.90 Å². The zero-order chi connectivity index (χ0) is 19.0. The molecule has 2 heterocycles. The number of aromatic nitrogens is 2. The second-order valence-electron chi connectivity index (χ2n) is 6.49. The molecule has 7 nitrogen and oxygen atoms in total. The first-order valence-corrected chi connectivity index (χ1v) is 8.57. The summed E-state index contributed by atoms with van der Waals surface area (Å²) in [5, 5.41) is 15.9. The minimum Gasteiger partial charge on any atom is -0.508 e. The Bertz CT molecular complexity index is 1070. The van der Waals surface area contributed by atoms with Gasteiger partial charge in [-0.1, -0.05) is 29.8 Å². The van der Waals surface area contributed by atoms with E-state index in [4.69, 9.17) is 0 Å². The van der Waals surface area contributed by atoms with Crippen molar-refractivity contribution in [3.05, 3.63) is 81.8 Å². The summed E-state index contributed by atoms with van der Waals surface area (Å²) in [5.41, 5.74) is 3.24. The molecule has 1 aliphatic heterocycles. The van der Waals surface area contributed by atoms with Crippen LogP contribution in [0.1, 0.15) is 23.0 Å². The van der Waals surface area contributed by atoms with Gasteiger partial charge in [-0.3, -0.25) is 14.7 Å². The first-order chi connectivity index (χ1) is 13.0. The van der Waals surface area contributed by atoms with Crippen molar-refractivity contribution in [1.82, 2.24) is 9.55 Å². The molecular weight excluding hydrogens is 342 g/mol. The number of phenolic OH excluding ortho intramolecular Hbond substituents is 1. The highest BCUT2D eigenvalue weighted by Gasteiger charge is 2.25. The third-order valence-corrected chi connectivity index (χ3v) is 4.31. The number of anilines is 2. The monoisotopic (exact) mass is 361 g/mol. The number of aryl methyl sites for hydroxylation is 2. The van der Waals surface area contributed by atoms with Gasteiger partial charge in [-0.05, 0) is 43.7 Å². The average molecular weight is 361 g/mol. The number of nitrogens with zero attached hydrogens (tertiary/aromatic N) is 3. The quantitative estimate of drug-likeness (QED) is 0.653. The Labute approximate surface area is 156 Å². The van der Waals surface area contributed by atoms with Crippen molar-refractivity contribution < 1.29 is 5.11 Å². The van der Waals surface area contributed by atoms with E-state index in [2.05, 4.69) is 20.6 Å². The van der Waals surface area contributed by atoms with Crippen LogP contribution >= 0.6 is 0 Å². The van der Waals surface area contributed by atoms with E-state index in [1.807, 2.05) is 31.2 Å². The summed E-state index contributed by atoms with van der Waals surface area (Å²) in [6.07, 6.45) is -0.588. The summed E-state index contributed by atoms with van der Waals surface area (Å²) >= 11 is 0. The highest BCUT2D eigenvalue weighted by atomic mass is 16.3. The molecule has 4 rings (SSSR count). The Balaban J connectivity index is 1.78. The number of hydrogen-bond donors (Lipinski definition) is 3. The van der Waals surface area contributed by atoms with Gasteiger partial charge in [-0.2, -0.15) is 0 Å². The molecule has 27 heavy (non-hydrogen) atoms. The molecule has 0 unspecified atom stereocenters. The SMILES string of the molecule is Cc1ccc(NC2=N[C@H](c3ccc(O)cc3)n3c(nc(C)cc3=O)N2)cc1. The van der Waals surface area contributed by atoms with Crippen molar-refractivity contribution in [1.29, 1.82) is 0 Å². The number of aromatic hydroxyl groups is 1. The molecule has 0 bridgehead atoms. The average Bonchev–Trinajstić information content (AvgIpc) is 2.63. The smallest absolute Gasteiger partial charge is 0.257 e. The fourth-order valence-corrected chi connectivity index (χ4v) is 2.96. The van der Waals surface area contributed by atoms with E-state index in [-0.39, 0.29) is 11.3 Å². The molecule has 0 spiro atoms. The lowest BCUT2D eigenvalue weighted by Gasteiger charge is -2.27. The van der Waals surface area contributed by atoms with Crippen LogP contribution in [-0.2, 0) is 0 Å². The molecule has 0 saturated heterocycles. The van der Waals surface area contributed by atoms with Gasteiger partial charge in [0.05, 0.1) is 0 Å². The van der Waals surface area contributed by atoms with Crippen LogP contribution in [0, 0.1) is 13.8 Å². The Kier molecular flexibility index (Phi) is 4.12. The van der Waals surface area contributed by atoms with E-state index in [1.165, 1.54) is 10.6 Å². The van der Waals surface area contributed by atoms with Gasteiger partial charge < -0.3 is 10.4 Å². The molecule has 0 saturated carbocycles. The third kappa shape index (κ3) is 3.39. The predicted molar refractivity (Wildman–Crippen MR) is 105 cm³/mol. The van der Waals surface area contributed by atoms with E-state index in [0.717, 1.165) is 16.8 Å². The van der Waals surface area contributed by atoms with Crippen LogP contribution in [0.5, 0.6) is 5.75 Å². The van der Waals surface area contributed by atoms with Crippen molar-refractivity contribution >= 4 is 17.6 Å². The Morgan fingerprint density at radius 2 is 1.78 bits per heavy atom. The van der Waals surface area contributed by atoms with E-state index in [1.54, 1.807) is 31.2 Å². The van der Waals surface area contributed by atoms with Gasteiger partial charge in [0.25, 0.3) is 5.56 Å². The summed E-state index contributed by atoms with van der Waals surface area (Å²) in [4.78, 5) is 21.7. The van der Waals surface area contributed by atoms with Gasteiger partial charge in [-0.15, -0.1) is 0 Å². The van der Waals surface area contributed by atoms with Crippen LogP contribution < -0.4 is 16.2 Å². The molecule has 7 heteroatoms. The Hall–Kier alpha value is -3.61. The van der Waals surface area contributed by atoms with Crippen LogP contribution in [0.4, 0.5) is 11.6 Å². The molecule has 0 amide bonds. The highest BCUT2D eigenvalue weighted by Crippen LogP contribution is 2.27. The molecule has 1 atom stereocenters. The van der Waals surface area contributed by atoms with Crippen molar-refractivity contribution in [3.8, 4) is 5.75 Å². The van der Waals surface area contributed by atoms with Crippen LogP contribution in [0.25, 0.3) is 0 Å². The summed E-state index contributed by atoms with van der Waals surface area (Å²) in [6.45, 7) is 3.80. The van der Waals surface area contributed by atoms with Crippen molar-refractivity contribution in [3.63, 3.8) is 0 Å². The summed E-state index contributed by atoms with van der Waals surface area (Å²) in [5.74, 6) is 1.07. The molecule has 0 fully saturated rings. The van der Waals surface area contributed by atoms with E-state index in [0.29, 0.717) is 17.6 Å². The maximum absolute atomic E-state index is 12.6.